The van der Waals surface area contributed by atoms with Crippen LogP contribution in [0.5, 0.6) is 0 Å². The third kappa shape index (κ3) is 7.45. The van der Waals surface area contributed by atoms with E-state index >= 15 is 0 Å². The number of carbonyl (C=O) groups excluding carboxylic acids is 2. The second-order valence-corrected chi connectivity index (χ2v) is 10.2. The Balaban J connectivity index is 1.48. The van der Waals surface area contributed by atoms with Crippen LogP contribution >= 0.6 is 23.5 Å². The van der Waals surface area contributed by atoms with Gasteiger partial charge < -0.3 is 0 Å². The summed E-state index contributed by atoms with van der Waals surface area (Å²) >= 11 is 3.31. The maximum atomic E-state index is 12.9. The molecule has 0 unspecified atom stereocenters. The Morgan fingerprint density at radius 2 is 0.722 bits per heavy atom. The Labute approximate surface area is 221 Å². The monoisotopic (exact) mass is 506 g/mol. The molecule has 0 aromatic heterocycles. The van der Waals surface area contributed by atoms with Crippen molar-refractivity contribution in [3.8, 4) is 0 Å². The average Bonchev–Trinajstić information content (AvgIpc) is 2.95. The molecule has 0 spiro atoms. The summed E-state index contributed by atoms with van der Waals surface area (Å²) in [6, 6.07) is 38.6. The van der Waals surface area contributed by atoms with Crippen LogP contribution in [0.25, 0.3) is 9.81 Å². The van der Waals surface area contributed by atoms with Crippen LogP contribution < -0.4 is 0 Å². The number of carbonyl (C=O) groups is 2. The van der Waals surface area contributed by atoms with Gasteiger partial charge in [0.15, 0.2) is 11.6 Å². The molecular formula is C32H26O2S2. The molecule has 0 bridgehead atoms. The first kappa shape index (κ1) is 25.5. The van der Waals surface area contributed by atoms with Gasteiger partial charge in [0.05, 0.1) is 0 Å². The van der Waals surface area contributed by atoms with Gasteiger partial charge in [0.25, 0.3) is 0 Å². The Bertz CT molecular complexity index is 1220. The van der Waals surface area contributed by atoms with Crippen molar-refractivity contribution in [2.24, 2.45) is 0 Å². The molecule has 0 radical (unpaired) electrons. The van der Waals surface area contributed by atoms with Gasteiger partial charge in [0, 0.05) is 44.6 Å². The standard InChI is InChI=1S/C32H26O2S2/c33-29(25-13-5-1-6-14-25)23-31(27-17-9-3-10-18-27)35-21-22-36-32(28-19-11-4-12-20-28)24-30(34)26-15-7-2-8-16-26/h1-20,23-24H,21-22H2/b31-23+,32-24+. The first-order valence-corrected chi connectivity index (χ1v) is 13.7. The fraction of sp³-hybridized carbons (Fsp3) is 0.0625. The van der Waals surface area contributed by atoms with E-state index in [-0.39, 0.29) is 11.6 Å². The van der Waals surface area contributed by atoms with Gasteiger partial charge in [0.2, 0.25) is 0 Å². The number of benzene rings is 4. The van der Waals surface area contributed by atoms with E-state index in [0.717, 1.165) is 32.4 Å². The van der Waals surface area contributed by atoms with Crippen molar-refractivity contribution in [1.29, 1.82) is 0 Å². The van der Waals surface area contributed by atoms with Crippen LogP contribution in [-0.4, -0.2) is 23.1 Å². The second kappa shape index (κ2) is 13.5. The van der Waals surface area contributed by atoms with Gasteiger partial charge in [-0.2, -0.15) is 0 Å². The molecule has 2 nitrogen and oxygen atoms in total. The van der Waals surface area contributed by atoms with Crippen LogP contribution in [0.3, 0.4) is 0 Å². The Kier molecular flexibility index (Phi) is 9.54. The van der Waals surface area contributed by atoms with Crippen LogP contribution in [-0.2, 0) is 0 Å². The van der Waals surface area contributed by atoms with Crippen molar-refractivity contribution in [3.05, 3.63) is 156 Å². The fourth-order valence-corrected chi connectivity index (χ4v) is 5.63. The molecule has 178 valence electrons. The van der Waals surface area contributed by atoms with Gasteiger partial charge in [-0.1, -0.05) is 121 Å². The molecule has 4 heteroatoms. The van der Waals surface area contributed by atoms with Crippen molar-refractivity contribution >= 4 is 44.9 Å². The van der Waals surface area contributed by atoms with E-state index < -0.39 is 0 Å². The first-order chi connectivity index (χ1) is 17.7. The SMILES string of the molecule is O=C(/C=C(/SCCS/C(=C/C(=O)c1ccccc1)c1ccccc1)c1ccccc1)c1ccccc1. The van der Waals surface area contributed by atoms with Gasteiger partial charge in [-0.3, -0.25) is 9.59 Å². The third-order valence-corrected chi connectivity index (χ3v) is 7.76. The molecule has 0 aliphatic rings. The molecule has 0 amide bonds. The maximum Gasteiger partial charge on any atom is 0.186 e. The molecule has 0 N–H and O–H groups in total. The van der Waals surface area contributed by atoms with E-state index in [2.05, 4.69) is 0 Å². The highest BCUT2D eigenvalue weighted by Gasteiger charge is 2.10. The van der Waals surface area contributed by atoms with E-state index in [1.807, 2.05) is 121 Å². The lowest BCUT2D eigenvalue weighted by Crippen LogP contribution is -1.97. The van der Waals surface area contributed by atoms with Gasteiger partial charge in [-0.25, -0.2) is 0 Å². The molecular weight excluding hydrogens is 480 g/mol. The molecule has 0 saturated carbocycles. The minimum absolute atomic E-state index is 0.00654. The molecule has 4 rings (SSSR count). The lowest BCUT2D eigenvalue weighted by atomic mass is 10.1. The highest BCUT2D eigenvalue weighted by atomic mass is 32.2. The first-order valence-electron chi connectivity index (χ1n) is 11.7. The average molecular weight is 507 g/mol. The summed E-state index contributed by atoms with van der Waals surface area (Å²) in [4.78, 5) is 27.6. The second-order valence-electron chi connectivity index (χ2n) is 7.91. The number of hydrogen-bond donors (Lipinski definition) is 0. The Morgan fingerprint density at radius 3 is 1.03 bits per heavy atom. The fourth-order valence-electron chi connectivity index (χ4n) is 3.53. The van der Waals surface area contributed by atoms with Gasteiger partial charge in [0.1, 0.15) is 0 Å². The molecule has 4 aromatic carbocycles. The largest absolute Gasteiger partial charge is 0.289 e. The van der Waals surface area contributed by atoms with E-state index in [4.69, 9.17) is 0 Å². The molecule has 0 fully saturated rings. The zero-order valence-electron chi connectivity index (χ0n) is 19.7. The predicted molar refractivity (Wildman–Crippen MR) is 155 cm³/mol. The lowest BCUT2D eigenvalue weighted by molar-refractivity contribution is 0.103. The summed E-state index contributed by atoms with van der Waals surface area (Å²) in [7, 11) is 0. The van der Waals surface area contributed by atoms with Gasteiger partial charge in [-0.15, -0.1) is 23.5 Å². The van der Waals surface area contributed by atoms with Crippen LogP contribution in [0, 0.1) is 0 Å². The summed E-state index contributed by atoms with van der Waals surface area (Å²) in [6.07, 6.45) is 3.46. The number of rotatable bonds is 11. The number of allylic oxidation sites excluding steroid dienone is 2. The van der Waals surface area contributed by atoms with E-state index in [9.17, 15) is 9.59 Å². The molecule has 0 atom stereocenters. The van der Waals surface area contributed by atoms with E-state index in [0.29, 0.717) is 11.1 Å². The Hall–Kier alpha value is -3.60. The molecule has 36 heavy (non-hydrogen) atoms. The maximum absolute atomic E-state index is 12.9. The van der Waals surface area contributed by atoms with Crippen molar-refractivity contribution in [2.45, 2.75) is 0 Å². The van der Waals surface area contributed by atoms with Crippen LogP contribution in [0.2, 0.25) is 0 Å². The topological polar surface area (TPSA) is 34.1 Å². The van der Waals surface area contributed by atoms with Crippen molar-refractivity contribution in [1.82, 2.24) is 0 Å². The minimum Gasteiger partial charge on any atom is -0.289 e. The normalized spacial score (nSPS) is 11.8. The molecule has 0 heterocycles. The lowest BCUT2D eigenvalue weighted by Gasteiger charge is -2.10. The summed E-state index contributed by atoms with van der Waals surface area (Å²) in [5.74, 6) is 1.56. The third-order valence-electron chi connectivity index (χ3n) is 5.36. The van der Waals surface area contributed by atoms with Crippen molar-refractivity contribution < 1.29 is 9.59 Å². The molecule has 0 aliphatic carbocycles. The van der Waals surface area contributed by atoms with Crippen molar-refractivity contribution in [3.63, 3.8) is 0 Å². The number of ketones is 2. The number of thioether (sulfide) groups is 2. The summed E-state index contributed by atoms with van der Waals surface area (Å²) < 4.78 is 0. The summed E-state index contributed by atoms with van der Waals surface area (Å²) in [6.45, 7) is 0. The predicted octanol–water partition coefficient (Wildman–Crippen LogP) is 8.30. The summed E-state index contributed by atoms with van der Waals surface area (Å²) in [5.41, 5.74) is 3.40. The minimum atomic E-state index is -0.00654. The van der Waals surface area contributed by atoms with Crippen molar-refractivity contribution in [2.75, 3.05) is 11.5 Å². The smallest absolute Gasteiger partial charge is 0.186 e. The van der Waals surface area contributed by atoms with E-state index in [1.54, 1.807) is 35.7 Å². The number of hydrogen-bond acceptors (Lipinski definition) is 4. The molecule has 0 aliphatic heterocycles. The van der Waals surface area contributed by atoms with Gasteiger partial charge in [-0.05, 0) is 11.1 Å². The van der Waals surface area contributed by atoms with Gasteiger partial charge >= 0.3 is 0 Å². The zero-order chi connectivity index (χ0) is 25.0. The highest BCUT2D eigenvalue weighted by molar-refractivity contribution is 8.11. The van der Waals surface area contributed by atoms with E-state index in [1.165, 1.54) is 0 Å². The zero-order valence-corrected chi connectivity index (χ0v) is 21.4. The Morgan fingerprint density at radius 1 is 0.444 bits per heavy atom. The molecule has 4 aromatic rings. The summed E-state index contributed by atoms with van der Waals surface area (Å²) in [5, 5.41) is 0. The van der Waals surface area contributed by atoms with Crippen LogP contribution in [0.4, 0.5) is 0 Å². The van der Waals surface area contributed by atoms with Crippen LogP contribution in [0.1, 0.15) is 31.8 Å². The highest BCUT2D eigenvalue weighted by Crippen LogP contribution is 2.32. The molecule has 0 saturated heterocycles. The quantitative estimate of drug-likeness (QED) is 0.116. The van der Waals surface area contributed by atoms with Crippen LogP contribution in [0.15, 0.2) is 133 Å².